The van der Waals surface area contributed by atoms with E-state index in [0.717, 1.165) is 22.8 Å². The van der Waals surface area contributed by atoms with Gasteiger partial charge in [0, 0.05) is 28.5 Å². The number of pyridine rings is 1. The molecule has 1 N–H and O–H groups in total. The van der Waals surface area contributed by atoms with Crippen molar-refractivity contribution in [2.75, 3.05) is 0 Å². The summed E-state index contributed by atoms with van der Waals surface area (Å²) in [6.45, 7) is 2.72. The number of aromatic nitrogens is 3. The molecule has 0 amide bonds. The molecule has 0 aliphatic carbocycles. The third kappa shape index (κ3) is 1.52. The lowest BCUT2D eigenvalue weighted by Crippen LogP contribution is -2.06. The molecule has 17 heavy (non-hydrogen) atoms. The van der Waals surface area contributed by atoms with E-state index in [1.165, 1.54) is 0 Å². The first-order valence-corrected chi connectivity index (χ1v) is 5.75. The summed E-state index contributed by atoms with van der Waals surface area (Å²) in [6.07, 6.45) is 1.89. The predicted octanol–water partition coefficient (Wildman–Crippen LogP) is 2.55. The van der Waals surface area contributed by atoms with Crippen LogP contribution in [0.1, 0.15) is 6.92 Å². The number of aryl methyl sites for hydroxylation is 1. The van der Waals surface area contributed by atoms with E-state index < -0.39 is 0 Å². The summed E-state index contributed by atoms with van der Waals surface area (Å²) in [5.74, 6) is 0. The molecule has 0 aliphatic heterocycles. The maximum Gasteiger partial charge on any atom is 0.276 e. The van der Waals surface area contributed by atoms with Crippen molar-refractivity contribution in [3.8, 4) is 0 Å². The standard InChI is InChI=1S/C12H10ClN3O/c1-2-16-6-9-8-4-3-7(13)5-10(8)14-12(17)11(9)15-16/h3-6H,2H2,1H3,(H,14,17). The van der Waals surface area contributed by atoms with Crippen LogP contribution in [0.5, 0.6) is 0 Å². The highest BCUT2D eigenvalue weighted by Gasteiger charge is 2.09. The van der Waals surface area contributed by atoms with Gasteiger partial charge in [0.25, 0.3) is 5.56 Å². The highest BCUT2D eigenvalue weighted by Crippen LogP contribution is 2.23. The first kappa shape index (κ1) is 10.4. The molecule has 0 spiro atoms. The van der Waals surface area contributed by atoms with Crippen molar-refractivity contribution in [3.63, 3.8) is 0 Å². The quantitative estimate of drug-likeness (QED) is 0.719. The van der Waals surface area contributed by atoms with Gasteiger partial charge in [-0.05, 0) is 19.1 Å². The fourth-order valence-corrected chi connectivity index (χ4v) is 2.16. The first-order valence-electron chi connectivity index (χ1n) is 5.37. The topological polar surface area (TPSA) is 50.7 Å². The van der Waals surface area contributed by atoms with Crippen molar-refractivity contribution in [2.24, 2.45) is 0 Å². The Hall–Kier alpha value is -1.81. The molecule has 3 aromatic rings. The van der Waals surface area contributed by atoms with Crippen molar-refractivity contribution in [2.45, 2.75) is 13.5 Å². The Morgan fingerprint density at radius 1 is 1.41 bits per heavy atom. The summed E-state index contributed by atoms with van der Waals surface area (Å²) in [6, 6.07) is 5.46. The molecule has 0 atom stereocenters. The lowest BCUT2D eigenvalue weighted by atomic mass is 10.1. The van der Waals surface area contributed by atoms with E-state index >= 15 is 0 Å². The SMILES string of the molecule is CCn1cc2c(n1)c(=O)[nH]c1cc(Cl)ccc12. The number of hydrogen-bond donors (Lipinski definition) is 1. The maximum absolute atomic E-state index is 11.9. The molecule has 0 unspecified atom stereocenters. The van der Waals surface area contributed by atoms with Crippen molar-refractivity contribution >= 4 is 33.4 Å². The Kier molecular flexibility index (Phi) is 2.19. The number of halogens is 1. The summed E-state index contributed by atoms with van der Waals surface area (Å²) < 4.78 is 1.76. The number of fused-ring (bicyclic) bond motifs is 3. The molecule has 0 saturated heterocycles. The normalized spacial score (nSPS) is 11.4. The minimum atomic E-state index is -0.179. The minimum Gasteiger partial charge on any atom is -0.320 e. The fraction of sp³-hybridized carbons (Fsp3) is 0.167. The molecule has 86 valence electrons. The third-order valence-electron chi connectivity index (χ3n) is 2.82. The van der Waals surface area contributed by atoms with E-state index in [4.69, 9.17) is 11.6 Å². The van der Waals surface area contributed by atoms with Gasteiger partial charge >= 0.3 is 0 Å². The number of aromatic amines is 1. The minimum absolute atomic E-state index is 0.179. The van der Waals surface area contributed by atoms with E-state index in [2.05, 4.69) is 10.1 Å². The molecule has 5 heteroatoms. The van der Waals surface area contributed by atoms with Crippen molar-refractivity contribution < 1.29 is 0 Å². The Balaban J connectivity index is 2.54. The maximum atomic E-state index is 11.9. The molecule has 2 heterocycles. The monoisotopic (exact) mass is 247 g/mol. The molecule has 1 aromatic carbocycles. The highest BCUT2D eigenvalue weighted by molar-refractivity contribution is 6.31. The molecule has 0 aliphatic rings. The van der Waals surface area contributed by atoms with Crippen LogP contribution in [0.2, 0.25) is 5.02 Å². The molecule has 3 rings (SSSR count). The second kappa shape index (κ2) is 3.60. The summed E-state index contributed by atoms with van der Waals surface area (Å²) >= 11 is 5.91. The van der Waals surface area contributed by atoms with Crippen LogP contribution in [0.25, 0.3) is 21.8 Å². The molecular weight excluding hydrogens is 238 g/mol. The average molecular weight is 248 g/mol. The number of nitrogens with zero attached hydrogens (tertiary/aromatic N) is 2. The van der Waals surface area contributed by atoms with Crippen LogP contribution in [-0.2, 0) is 6.54 Å². The van der Waals surface area contributed by atoms with Crippen LogP contribution in [0.4, 0.5) is 0 Å². The lowest BCUT2D eigenvalue weighted by Gasteiger charge is -1.98. The van der Waals surface area contributed by atoms with Crippen LogP contribution in [0.15, 0.2) is 29.2 Å². The van der Waals surface area contributed by atoms with E-state index in [0.29, 0.717) is 10.5 Å². The van der Waals surface area contributed by atoms with Crippen LogP contribution in [0, 0.1) is 0 Å². The van der Waals surface area contributed by atoms with Crippen LogP contribution in [-0.4, -0.2) is 14.8 Å². The van der Waals surface area contributed by atoms with Gasteiger partial charge in [-0.3, -0.25) is 9.48 Å². The number of nitrogens with one attached hydrogen (secondary N) is 1. The van der Waals surface area contributed by atoms with Crippen molar-refractivity contribution in [1.29, 1.82) is 0 Å². The highest BCUT2D eigenvalue weighted by atomic mass is 35.5. The second-order valence-corrected chi connectivity index (χ2v) is 4.33. The number of H-pyrrole nitrogens is 1. The number of benzene rings is 1. The summed E-state index contributed by atoms with van der Waals surface area (Å²) in [4.78, 5) is 14.7. The zero-order valence-electron chi connectivity index (χ0n) is 9.20. The lowest BCUT2D eigenvalue weighted by molar-refractivity contribution is 0.667. The molecular formula is C12H10ClN3O. The summed E-state index contributed by atoms with van der Waals surface area (Å²) in [5, 5.41) is 6.68. The van der Waals surface area contributed by atoms with Gasteiger partial charge in [0.05, 0.1) is 5.52 Å². The number of rotatable bonds is 1. The smallest absolute Gasteiger partial charge is 0.276 e. The molecule has 4 nitrogen and oxygen atoms in total. The van der Waals surface area contributed by atoms with Gasteiger partial charge in [-0.15, -0.1) is 0 Å². The summed E-state index contributed by atoms with van der Waals surface area (Å²) in [5.41, 5.74) is 1.04. The zero-order valence-corrected chi connectivity index (χ0v) is 9.95. The second-order valence-electron chi connectivity index (χ2n) is 3.89. The van der Waals surface area contributed by atoms with E-state index in [1.807, 2.05) is 25.3 Å². The van der Waals surface area contributed by atoms with Gasteiger partial charge in [-0.2, -0.15) is 5.10 Å². The number of hydrogen-bond acceptors (Lipinski definition) is 2. The van der Waals surface area contributed by atoms with E-state index in [9.17, 15) is 4.79 Å². The Morgan fingerprint density at radius 2 is 2.24 bits per heavy atom. The van der Waals surface area contributed by atoms with Gasteiger partial charge in [0.1, 0.15) is 0 Å². The van der Waals surface area contributed by atoms with Gasteiger partial charge in [0.2, 0.25) is 0 Å². The fourth-order valence-electron chi connectivity index (χ4n) is 1.98. The van der Waals surface area contributed by atoms with E-state index in [-0.39, 0.29) is 5.56 Å². The molecule has 0 fully saturated rings. The van der Waals surface area contributed by atoms with Crippen molar-refractivity contribution in [1.82, 2.24) is 14.8 Å². The molecule has 0 saturated carbocycles. The average Bonchev–Trinajstić information content (AvgIpc) is 2.73. The van der Waals surface area contributed by atoms with Gasteiger partial charge in [0.15, 0.2) is 5.52 Å². The molecule has 0 radical (unpaired) electrons. The Morgan fingerprint density at radius 3 is 3.00 bits per heavy atom. The first-order chi connectivity index (χ1) is 8.19. The Bertz CT molecular complexity index is 772. The molecule has 0 bridgehead atoms. The predicted molar refractivity (Wildman–Crippen MR) is 68.5 cm³/mol. The summed E-state index contributed by atoms with van der Waals surface area (Å²) in [7, 11) is 0. The van der Waals surface area contributed by atoms with Crippen LogP contribution in [0.3, 0.4) is 0 Å². The van der Waals surface area contributed by atoms with Gasteiger partial charge in [-0.25, -0.2) is 0 Å². The van der Waals surface area contributed by atoms with Crippen LogP contribution >= 0.6 is 11.6 Å². The third-order valence-corrected chi connectivity index (χ3v) is 3.06. The zero-order chi connectivity index (χ0) is 12.0. The van der Waals surface area contributed by atoms with Gasteiger partial charge < -0.3 is 4.98 Å². The molecule has 2 aromatic heterocycles. The van der Waals surface area contributed by atoms with Gasteiger partial charge in [-0.1, -0.05) is 17.7 Å². The van der Waals surface area contributed by atoms with E-state index in [1.54, 1.807) is 10.7 Å². The Labute approximate surface area is 102 Å². The van der Waals surface area contributed by atoms with Crippen molar-refractivity contribution in [3.05, 3.63) is 39.8 Å². The van der Waals surface area contributed by atoms with Crippen LogP contribution < -0.4 is 5.56 Å². The largest absolute Gasteiger partial charge is 0.320 e.